The van der Waals surface area contributed by atoms with Gasteiger partial charge in [-0.3, -0.25) is 9.52 Å². The fourth-order valence-electron chi connectivity index (χ4n) is 2.82. The molecule has 0 radical (unpaired) electrons. The zero-order chi connectivity index (χ0) is 18.7. The summed E-state index contributed by atoms with van der Waals surface area (Å²) >= 11 is 0. The molecule has 138 valence electrons. The first kappa shape index (κ1) is 18.1. The smallest absolute Gasteiger partial charge is 0.261 e. The fraction of sp³-hybridized carbons (Fsp3) is 0.278. The third kappa shape index (κ3) is 3.60. The van der Waals surface area contributed by atoms with Gasteiger partial charge in [-0.1, -0.05) is 0 Å². The molecule has 26 heavy (non-hydrogen) atoms. The standard InChI is InChI=1S/C18H20N2O5S/c1-24-14-7-5-13(6-8-14)19-26(22,23)15-9-10-17(25-2)16(12-15)20-11-3-4-18(20)21/h5-10,12,19H,3-4,11H2,1-2H3. The van der Waals surface area contributed by atoms with E-state index < -0.39 is 10.0 Å². The second-order valence-electron chi connectivity index (χ2n) is 5.82. The van der Waals surface area contributed by atoms with Crippen LogP contribution in [0, 0.1) is 0 Å². The number of anilines is 2. The van der Waals surface area contributed by atoms with Crippen molar-refractivity contribution in [1.29, 1.82) is 0 Å². The predicted molar refractivity (Wildman–Crippen MR) is 98.4 cm³/mol. The molecule has 1 amide bonds. The molecule has 0 saturated carbocycles. The molecule has 8 heteroatoms. The van der Waals surface area contributed by atoms with E-state index in [4.69, 9.17) is 9.47 Å². The minimum atomic E-state index is -3.81. The molecule has 0 aliphatic carbocycles. The predicted octanol–water partition coefficient (Wildman–Crippen LogP) is 2.63. The molecule has 0 bridgehead atoms. The van der Waals surface area contributed by atoms with E-state index in [1.807, 2.05) is 0 Å². The Hall–Kier alpha value is -2.74. The van der Waals surface area contributed by atoms with E-state index in [1.165, 1.54) is 26.4 Å². The van der Waals surface area contributed by atoms with Crippen molar-refractivity contribution in [2.24, 2.45) is 0 Å². The van der Waals surface area contributed by atoms with Crippen LogP contribution in [-0.2, 0) is 14.8 Å². The third-order valence-corrected chi connectivity index (χ3v) is 5.55. The molecular formula is C18H20N2O5S. The van der Waals surface area contributed by atoms with Crippen molar-refractivity contribution in [1.82, 2.24) is 0 Å². The van der Waals surface area contributed by atoms with Gasteiger partial charge in [-0.15, -0.1) is 0 Å². The number of benzene rings is 2. The summed E-state index contributed by atoms with van der Waals surface area (Å²) in [5.74, 6) is 1.05. The summed E-state index contributed by atoms with van der Waals surface area (Å²) in [6.45, 7) is 0.546. The number of ether oxygens (including phenoxy) is 2. The minimum Gasteiger partial charge on any atom is -0.497 e. The average molecular weight is 376 g/mol. The number of amides is 1. The van der Waals surface area contributed by atoms with Crippen LogP contribution in [0.4, 0.5) is 11.4 Å². The minimum absolute atomic E-state index is 0.0408. The summed E-state index contributed by atoms with van der Waals surface area (Å²) in [7, 11) is -0.783. The monoisotopic (exact) mass is 376 g/mol. The molecule has 0 atom stereocenters. The topological polar surface area (TPSA) is 84.9 Å². The van der Waals surface area contributed by atoms with E-state index >= 15 is 0 Å². The van der Waals surface area contributed by atoms with Gasteiger partial charge in [-0.05, 0) is 48.9 Å². The van der Waals surface area contributed by atoms with E-state index in [0.29, 0.717) is 35.8 Å². The van der Waals surface area contributed by atoms with Gasteiger partial charge < -0.3 is 14.4 Å². The number of sulfonamides is 1. The molecule has 1 aliphatic heterocycles. The lowest BCUT2D eigenvalue weighted by molar-refractivity contribution is -0.117. The molecule has 0 spiro atoms. The van der Waals surface area contributed by atoms with Crippen molar-refractivity contribution in [3.8, 4) is 11.5 Å². The summed E-state index contributed by atoms with van der Waals surface area (Å²) in [6, 6.07) is 11.0. The molecule has 0 aromatic heterocycles. The number of hydrogen-bond donors (Lipinski definition) is 1. The number of methoxy groups -OCH3 is 2. The summed E-state index contributed by atoms with van der Waals surface area (Å²) in [5.41, 5.74) is 0.882. The molecule has 1 fully saturated rings. The largest absolute Gasteiger partial charge is 0.497 e. The van der Waals surface area contributed by atoms with Gasteiger partial charge in [0.05, 0.1) is 24.8 Å². The van der Waals surface area contributed by atoms with Gasteiger partial charge in [0.1, 0.15) is 11.5 Å². The van der Waals surface area contributed by atoms with Gasteiger partial charge in [-0.2, -0.15) is 0 Å². The highest BCUT2D eigenvalue weighted by molar-refractivity contribution is 7.92. The number of nitrogens with zero attached hydrogens (tertiary/aromatic N) is 1. The second kappa shape index (κ2) is 7.25. The Balaban J connectivity index is 1.92. The molecule has 2 aromatic carbocycles. The van der Waals surface area contributed by atoms with Crippen LogP contribution in [0.1, 0.15) is 12.8 Å². The quantitative estimate of drug-likeness (QED) is 0.838. The van der Waals surface area contributed by atoms with Crippen molar-refractivity contribution in [2.75, 3.05) is 30.4 Å². The molecule has 1 heterocycles. The Morgan fingerprint density at radius 3 is 2.35 bits per heavy atom. The maximum atomic E-state index is 12.7. The Morgan fingerprint density at radius 2 is 1.77 bits per heavy atom. The van der Waals surface area contributed by atoms with Crippen molar-refractivity contribution in [2.45, 2.75) is 17.7 Å². The van der Waals surface area contributed by atoms with Crippen LogP contribution in [0.3, 0.4) is 0 Å². The highest BCUT2D eigenvalue weighted by atomic mass is 32.2. The summed E-state index contributed by atoms with van der Waals surface area (Å²) in [5, 5.41) is 0. The molecule has 1 aliphatic rings. The van der Waals surface area contributed by atoms with Crippen molar-refractivity contribution in [3.05, 3.63) is 42.5 Å². The fourth-order valence-corrected chi connectivity index (χ4v) is 3.90. The Labute approximate surface area is 152 Å². The van der Waals surface area contributed by atoms with Crippen molar-refractivity contribution in [3.63, 3.8) is 0 Å². The number of rotatable bonds is 6. The van der Waals surface area contributed by atoms with Crippen molar-refractivity contribution < 1.29 is 22.7 Å². The van der Waals surface area contributed by atoms with E-state index in [1.54, 1.807) is 35.2 Å². The molecule has 2 aromatic rings. The SMILES string of the molecule is COc1ccc(NS(=O)(=O)c2ccc(OC)c(N3CCCC3=O)c2)cc1. The Bertz CT molecular complexity index is 910. The van der Waals surface area contributed by atoms with Gasteiger partial charge in [0.25, 0.3) is 10.0 Å². The van der Waals surface area contributed by atoms with E-state index in [2.05, 4.69) is 4.72 Å². The summed E-state index contributed by atoms with van der Waals surface area (Å²) in [6.07, 6.45) is 1.19. The summed E-state index contributed by atoms with van der Waals surface area (Å²) < 4.78 is 38.3. The highest BCUT2D eigenvalue weighted by Crippen LogP contribution is 2.34. The second-order valence-corrected chi connectivity index (χ2v) is 7.50. The van der Waals surface area contributed by atoms with Crippen LogP contribution in [0.15, 0.2) is 47.4 Å². The van der Waals surface area contributed by atoms with E-state index in [-0.39, 0.29) is 10.8 Å². The van der Waals surface area contributed by atoms with Crippen LogP contribution in [-0.4, -0.2) is 35.1 Å². The van der Waals surface area contributed by atoms with Crippen molar-refractivity contribution >= 4 is 27.3 Å². The van der Waals surface area contributed by atoms with E-state index in [9.17, 15) is 13.2 Å². The highest BCUT2D eigenvalue weighted by Gasteiger charge is 2.26. The van der Waals surface area contributed by atoms with Gasteiger partial charge in [0.15, 0.2) is 0 Å². The number of carbonyl (C=O) groups excluding carboxylic acids is 1. The zero-order valence-corrected chi connectivity index (χ0v) is 15.4. The number of nitrogens with one attached hydrogen (secondary N) is 1. The lowest BCUT2D eigenvalue weighted by Crippen LogP contribution is -2.24. The lowest BCUT2D eigenvalue weighted by atomic mass is 10.2. The van der Waals surface area contributed by atoms with Crippen LogP contribution >= 0.6 is 0 Å². The lowest BCUT2D eigenvalue weighted by Gasteiger charge is -2.20. The summed E-state index contributed by atoms with van der Waals surface area (Å²) in [4.78, 5) is 13.7. The van der Waals surface area contributed by atoms with E-state index in [0.717, 1.165) is 6.42 Å². The van der Waals surface area contributed by atoms with Crippen LogP contribution in [0.5, 0.6) is 11.5 Å². The molecule has 1 N–H and O–H groups in total. The molecule has 0 unspecified atom stereocenters. The van der Waals surface area contributed by atoms with Gasteiger partial charge in [-0.25, -0.2) is 8.42 Å². The first-order valence-electron chi connectivity index (χ1n) is 8.10. The van der Waals surface area contributed by atoms with Crippen LogP contribution in [0.2, 0.25) is 0 Å². The van der Waals surface area contributed by atoms with Gasteiger partial charge in [0.2, 0.25) is 5.91 Å². The first-order chi connectivity index (χ1) is 12.4. The zero-order valence-electron chi connectivity index (χ0n) is 14.6. The van der Waals surface area contributed by atoms with Gasteiger partial charge >= 0.3 is 0 Å². The molecular weight excluding hydrogens is 356 g/mol. The molecule has 7 nitrogen and oxygen atoms in total. The van der Waals surface area contributed by atoms with Crippen LogP contribution < -0.4 is 19.1 Å². The molecule has 1 saturated heterocycles. The van der Waals surface area contributed by atoms with Gasteiger partial charge in [0, 0.05) is 18.7 Å². The number of carbonyl (C=O) groups is 1. The normalized spacial score (nSPS) is 14.4. The third-order valence-electron chi connectivity index (χ3n) is 4.17. The maximum Gasteiger partial charge on any atom is 0.261 e. The Morgan fingerprint density at radius 1 is 1.04 bits per heavy atom. The first-order valence-corrected chi connectivity index (χ1v) is 9.58. The van der Waals surface area contributed by atoms with Crippen LogP contribution in [0.25, 0.3) is 0 Å². The number of hydrogen-bond acceptors (Lipinski definition) is 5. The molecule has 3 rings (SSSR count). The Kier molecular flexibility index (Phi) is 5.03. The maximum absolute atomic E-state index is 12.7. The average Bonchev–Trinajstić information content (AvgIpc) is 3.07.